The molecule has 0 aliphatic carbocycles. The number of ketones is 1. The van der Waals surface area contributed by atoms with Gasteiger partial charge in [0.05, 0.1) is 15.5 Å². The van der Waals surface area contributed by atoms with Gasteiger partial charge < -0.3 is 4.42 Å². The zero-order chi connectivity index (χ0) is 13.4. The molecule has 3 rings (SSSR count). The maximum atomic E-state index is 12.6. The lowest BCUT2D eigenvalue weighted by atomic mass is 10.0. The van der Waals surface area contributed by atoms with Crippen LogP contribution in [-0.2, 0) is 6.42 Å². The van der Waals surface area contributed by atoms with Crippen molar-refractivity contribution in [3.63, 3.8) is 0 Å². The number of halogens is 1. The van der Waals surface area contributed by atoms with Gasteiger partial charge in [0, 0.05) is 11.8 Å². The Kier molecular flexibility index (Phi) is 3.17. The lowest BCUT2D eigenvalue weighted by molar-refractivity contribution is 0.104. The zero-order valence-corrected chi connectivity index (χ0v) is 11.8. The molecule has 0 bridgehead atoms. The van der Waals surface area contributed by atoms with E-state index in [0.717, 1.165) is 16.7 Å². The average molecular weight is 291 g/mol. The topological polar surface area (TPSA) is 30.2 Å². The van der Waals surface area contributed by atoms with Crippen LogP contribution in [0.3, 0.4) is 0 Å². The van der Waals surface area contributed by atoms with Crippen LogP contribution < -0.4 is 0 Å². The van der Waals surface area contributed by atoms with Gasteiger partial charge in [0.1, 0.15) is 11.3 Å². The van der Waals surface area contributed by atoms with E-state index in [4.69, 9.17) is 16.0 Å². The Bertz CT molecular complexity index is 754. The molecule has 0 amide bonds. The van der Waals surface area contributed by atoms with E-state index in [-0.39, 0.29) is 5.78 Å². The molecule has 2 aromatic heterocycles. The van der Waals surface area contributed by atoms with Crippen LogP contribution in [0.4, 0.5) is 0 Å². The van der Waals surface area contributed by atoms with Crippen molar-refractivity contribution < 1.29 is 9.21 Å². The lowest BCUT2D eigenvalue weighted by Crippen LogP contribution is -2.01. The molecule has 0 aliphatic rings. The van der Waals surface area contributed by atoms with Crippen molar-refractivity contribution in [3.05, 3.63) is 56.9 Å². The fourth-order valence-corrected chi connectivity index (χ4v) is 3.25. The summed E-state index contributed by atoms with van der Waals surface area (Å²) in [5, 5.41) is 3.18. The summed E-state index contributed by atoms with van der Waals surface area (Å²) in [6, 6.07) is 9.34. The number of carbonyl (C=O) groups is 1. The summed E-state index contributed by atoms with van der Waals surface area (Å²) < 4.78 is 5.75. The maximum absolute atomic E-state index is 12.6. The first-order valence-electron chi connectivity index (χ1n) is 6.00. The fraction of sp³-hybridized carbons (Fsp3) is 0.133. The summed E-state index contributed by atoms with van der Waals surface area (Å²) in [6.45, 7) is 1.98. The predicted molar refractivity (Wildman–Crippen MR) is 78.4 cm³/mol. The Balaban J connectivity index is 2.24. The van der Waals surface area contributed by atoms with Gasteiger partial charge in [-0.15, -0.1) is 11.3 Å². The second kappa shape index (κ2) is 4.83. The molecule has 0 unspecified atom stereocenters. The summed E-state index contributed by atoms with van der Waals surface area (Å²) in [7, 11) is 0. The average Bonchev–Trinajstić information content (AvgIpc) is 3.01. The number of thiophene rings is 1. The molecule has 0 atom stereocenters. The van der Waals surface area contributed by atoms with E-state index in [9.17, 15) is 4.79 Å². The standard InChI is InChI=1S/C15H11ClO2S/c1-2-11-13(9-5-3-4-6-12(9)18-11)14(17)15-10(16)7-8-19-15/h3-8H,2H2,1H3. The zero-order valence-electron chi connectivity index (χ0n) is 10.3. The van der Waals surface area contributed by atoms with Crippen molar-refractivity contribution in [2.75, 3.05) is 0 Å². The van der Waals surface area contributed by atoms with Gasteiger partial charge in [-0.1, -0.05) is 36.7 Å². The highest BCUT2D eigenvalue weighted by atomic mass is 35.5. The Hall–Kier alpha value is -1.58. The van der Waals surface area contributed by atoms with Crippen LogP contribution in [0.15, 0.2) is 40.1 Å². The van der Waals surface area contributed by atoms with E-state index in [1.54, 1.807) is 6.07 Å². The summed E-state index contributed by atoms with van der Waals surface area (Å²) >= 11 is 7.42. The minimum Gasteiger partial charge on any atom is -0.460 e. The summed E-state index contributed by atoms with van der Waals surface area (Å²) in [4.78, 5) is 13.2. The van der Waals surface area contributed by atoms with Crippen molar-refractivity contribution >= 4 is 39.7 Å². The van der Waals surface area contributed by atoms with Gasteiger partial charge in [-0.3, -0.25) is 4.79 Å². The molecule has 0 saturated heterocycles. The number of aryl methyl sites for hydroxylation is 1. The Morgan fingerprint density at radius 3 is 2.79 bits per heavy atom. The van der Waals surface area contributed by atoms with E-state index in [1.807, 2.05) is 36.6 Å². The van der Waals surface area contributed by atoms with E-state index in [2.05, 4.69) is 0 Å². The van der Waals surface area contributed by atoms with Crippen LogP contribution in [0, 0.1) is 0 Å². The first-order valence-corrected chi connectivity index (χ1v) is 7.26. The maximum Gasteiger partial charge on any atom is 0.208 e. The molecule has 2 heterocycles. The van der Waals surface area contributed by atoms with Crippen LogP contribution >= 0.6 is 22.9 Å². The molecule has 96 valence electrons. The van der Waals surface area contributed by atoms with Crippen molar-refractivity contribution in [3.8, 4) is 0 Å². The van der Waals surface area contributed by atoms with Crippen LogP contribution in [0.2, 0.25) is 5.02 Å². The third kappa shape index (κ3) is 1.99. The smallest absolute Gasteiger partial charge is 0.208 e. The monoisotopic (exact) mass is 290 g/mol. The molecule has 2 nitrogen and oxygen atoms in total. The quantitative estimate of drug-likeness (QED) is 0.640. The van der Waals surface area contributed by atoms with Crippen LogP contribution in [0.1, 0.15) is 27.9 Å². The number of para-hydroxylation sites is 1. The third-order valence-electron chi connectivity index (χ3n) is 3.04. The minimum atomic E-state index is -0.0539. The number of fused-ring (bicyclic) bond motifs is 1. The molecule has 0 spiro atoms. The predicted octanol–water partition coefficient (Wildman–Crippen LogP) is 4.94. The van der Waals surface area contributed by atoms with Gasteiger partial charge >= 0.3 is 0 Å². The lowest BCUT2D eigenvalue weighted by Gasteiger charge is -1.99. The number of benzene rings is 1. The number of carbonyl (C=O) groups excluding carboxylic acids is 1. The number of rotatable bonds is 3. The van der Waals surface area contributed by atoms with Crippen molar-refractivity contribution in [2.24, 2.45) is 0 Å². The van der Waals surface area contributed by atoms with E-state index < -0.39 is 0 Å². The van der Waals surface area contributed by atoms with Crippen LogP contribution in [0.5, 0.6) is 0 Å². The third-order valence-corrected chi connectivity index (χ3v) is 4.38. The Morgan fingerprint density at radius 1 is 1.32 bits per heavy atom. The van der Waals surface area contributed by atoms with Crippen molar-refractivity contribution in [1.29, 1.82) is 0 Å². The normalized spacial score (nSPS) is 11.1. The minimum absolute atomic E-state index is 0.0539. The number of hydrogen-bond acceptors (Lipinski definition) is 3. The summed E-state index contributed by atoms with van der Waals surface area (Å²) in [5.74, 6) is 0.664. The van der Waals surface area contributed by atoms with Gasteiger partial charge in [0.25, 0.3) is 0 Å². The van der Waals surface area contributed by atoms with E-state index in [0.29, 0.717) is 21.9 Å². The SMILES string of the molecule is CCc1oc2ccccc2c1C(=O)c1sccc1Cl. The molecule has 4 heteroatoms. The van der Waals surface area contributed by atoms with Crippen molar-refractivity contribution in [2.45, 2.75) is 13.3 Å². The van der Waals surface area contributed by atoms with E-state index >= 15 is 0 Å². The molecule has 0 N–H and O–H groups in total. The molecule has 19 heavy (non-hydrogen) atoms. The number of furan rings is 1. The molecule has 3 aromatic rings. The molecule has 0 saturated carbocycles. The number of hydrogen-bond donors (Lipinski definition) is 0. The summed E-state index contributed by atoms with van der Waals surface area (Å²) in [6.07, 6.45) is 0.679. The van der Waals surface area contributed by atoms with Crippen molar-refractivity contribution in [1.82, 2.24) is 0 Å². The highest BCUT2D eigenvalue weighted by Gasteiger charge is 2.23. The first kappa shape index (κ1) is 12.5. The molecule has 0 fully saturated rings. The molecule has 1 aromatic carbocycles. The second-order valence-corrected chi connectivity index (χ2v) is 5.50. The Labute approximate surface area is 119 Å². The molecular formula is C15H11ClO2S. The highest BCUT2D eigenvalue weighted by Crippen LogP contribution is 2.32. The van der Waals surface area contributed by atoms with Crippen LogP contribution in [0.25, 0.3) is 11.0 Å². The largest absolute Gasteiger partial charge is 0.460 e. The Morgan fingerprint density at radius 2 is 2.11 bits per heavy atom. The highest BCUT2D eigenvalue weighted by molar-refractivity contribution is 7.13. The van der Waals surface area contributed by atoms with Gasteiger partial charge in [-0.25, -0.2) is 0 Å². The van der Waals surface area contributed by atoms with Gasteiger partial charge in [0.2, 0.25) is 5.78 Å². The van der Waals surface area contributed by atoms with Gasteiger partial charge in [-0.2, -0.15) is 0 Å². The molecule has 0 aliphatic heterocycles. The van der Waals surface area contributed by atoms with E-state index in [1.165, 1.54) is 11.3 Å². The first-order chi connectivity index (χ1) is 9.22. The van der Waals surface area contributed by atoms with Crippen LogP contribution in [-0.4, -0.2) is 5.78 Å². The molecule has 0 radical (unpaired) electrons. The molecular weight excluding hydrogens is 280 g/mol. The second-order valence-electron chi connectivity index (χ2n) is 4.18. The fourth-order valence-electron chi connectivity index (χ4n) is 2.16. The summed E-state index contributed by atoms with van der Waals surface area (Å²) in [5.41, 5.74) is 1.39. The van der Waals surface area contributed by atoms with Gasteiger partial charge in [0.15, 0.2) is 0 Å². The van der Waals surface area contributed by atoms with Gasteiger partial charge in [-0.05, 0) is 17.5 Å².